The summed E-state index contributed by atoms with van der Waals surface area (Å²) in [6.07, 6.45) is 3.87. The molecule has 2 aliphatic carbocycles. The highest BCUT2D eigenvalue weighted by atomic mass is 16.3. The predicted molar refractivity (Wildman–Crippen MR) is 56.9 cm³/mol. The normalized spacial score (nSPS) is 24.8. The smallest absolute Gasteiger partial charge is 0.0580 e. The largest absolute Gasteiger partial charge is 0.393 e. The van der Waals surface area contributed by atoms with E-state index in [0.717, 1.165) is 25.7 Å². The van der Waals surface area contributed by atoms with Crippen LogP contribution in [0.2, 0.25) is 0 Å². The summed E-state index contributed by atoms with van der Waals surface area (Å²) in [5.41, 5.74) is 5.89. The Labute approximate surface area is 84.1 Å². The Morgan fingerprint density at radius 3 is 3.00 bits per heavy atom. The highest BCUT2D eigenvalue weighted by Gasteiger charge is 2.26. The molecule has 0 heterocycles. The van der Waals surface area contributed by atoms with Gasteiger partial charge in [0.15, 0.2) is 0 Å². The fourth-order valence-corrected chi connectivity index (χ4v) is 2.70. The molecule has 0 spiro atoms. The minimum absolute atomic E-state index is 0.0944. The molecule has 1 unspecified atom stereocenters. The second-order valence-corrected chi connectivity index (χ2v) is 4.31. The maximum absolute atomic E-state index is 9.60. The summed E-state index contributed by atoms with van der Waals surface area (Å²) in [6.45, 7) is 0. The molecule has 1 atom stereocenters. The van der Waals surface area contributed by atoms with Crippen molar-refractivity contribution in [1.29, 1.82) is 0 Å². The van der Waals surface area contributed by atoms with Crippen molar-refractivity contribution in [2.45, 2.75) is 31.8 Å². The Kier molecular flexibility index (Phi) is 1.74. The zero-order valence-electron chi connectivity index (χ0n) is 8.16. The van der Waals surface area contributed by atoms with E-state index in [1.165, 1.54) is 22.3 Å². The molecule has 1 N–H and O–H groups in total. The summed E-state index contributed by atoms with van der Waals surface area (Å²) in [5.74, 6) is 0. The molecule has 0 aromatic heterocycles. The second-order valence-electron chi connectivity index (χ2n) is 4.31. The maximum Gasteiger partial charge on any atom is 0.0580 e. The van der Waals surface area contributed by atoms with Gasteiger partial charge in [0.25, 0.3) is 0 Å². The number of hydrogen-bond donors (Lipinski definition) is 1. The Hall–Kier alpha value is -1.08. The molecule has 0 aliphatic heterocycles. The van der Waals surface area contributed by atoms with Crippen LogP contribution in [0.5, 0.6) is 0 Å². The minimum Gasteiger partial charge on any atom is -0.393 e. The molecule has 1 heteroatoms. The van der Waals surface area contributed by atoms with Crippen molar-refractivity contribution in [2.24, 2.45) is 0 Å². The van der Waals surface area contributed by atoms with E-state index in [1.54, 1.807) is 0 Å². The zero-order chi connectivity index (χ0) is 9.54. The average Bonchev–Trinajstić information content (AvgIpc) is 2.54. The monoisotopic (exact) mass is 186 g/mol. The highest BCUT2D eigenvalue weighted by Crippen LogP contribution is 2.41. The van der Waals surface area contributed by atoms with E-state index < -0.39 is 0 Å². The molecule has 0 saturated carbocycles. The molecule has 0 saturated heterocycles. The molecule has 72 valence electrons. The highest BCUT2D eigenvalue weighted by molar-refractivity contribution is 5.77. The van der Waals surface area contributed by atoms with Crippen molar-refractivity contribution >= 4 is 5.57 Å². The molecule has 0 amide bonds. The average molecular weight is 186 g/mol. The van der Waals surface area contributed by atoms with Gasteiger partial charge in [0, 0.05) is 0 Å². The van der Waals surface area contributed by atoms with Crippen LogP contribution in [0.25, 0.3) is 5.57 Å². The summed E-state index contributed by atoms with van der Waals surface area (Å²) >= 11 is 0. The van der Waals surface area contributed by atoms with Crippen molar-refractivity contribution in [3.05, 3.63) is 41.0 Å². The van der Waals surface area contributed by atoms with Crippen LogP contribution in [-0.4, -0.2) is 11.2 Å². The van der Waals surface area contributed by atoms with E-state index in [0.29, 0.717) is 0 Å². The number of allylic oxidation sites excluding steroid dienone is 1. The molecular formula is C13H14O. The van der Waals surface area contributed by atoms with Gasteiger partial charge in [-0.1, -0.05) is 29.8 Å². The number of hydrogen-bond acceptors (Lipinski definition) is 1. The number of fused-ring (bicyclic) bond motifs is 2. The van der Waals surface area contributed by atoms with E-state index in [9.17, 15) is 5.11 Å². The van der Waals surface area contributed by atoms with Gasteiger partial charge in [-0.05, 0) is 42.4 Å². The van der Waals surface area contributed by atoms with Gasteiger partial charge in [-0.3, -0.25) is 0 Å². The summed E-state index contributed by atoms with van der Waals surface area (Å²) in [6, 6.07) is 8.64. The molecular weight excluding hydrogens is 172 g/mol. The summed E-state index contributed by atoms with van der Waals surface area (Å²) in [4.78, 5) is 0. The van der Waals surface area contributed by atoms with Gasteiger partial charge < -0.3 is 5.11 Å². The fourth-order valence-electron chi connectivity index (χ4n) is 2.70. The predicted octanol–water partition coefficient (Wildman–Crippen LogP) is 2.54. The van der Waals surface area contributed by atoms with Gasteiger partial charge in [0.2, 0.25) is 0 Å². The van der Waals surface area contributed by atoms with Crippen LogP contribution in [0, 0.1) is 0 Å². The van der Waals surface area contributed by atoms with E-state index >= 15 is 0 Å². The Morgan fingerprint density at radius 2 is 2.07 bits per heavy atom. The number of aliphatic hydroxyl groups excluding tert-OH is 1. The first kappa shape index (κ1) is 8.25. The van der Waals surface area contributed by atoms with Crippen molar-refractivity contribution < 1.29 is 5.11 Å². The third-order valence-electron chi connectivity index (χ3n) is 3.38. The topological polar surface area (TPSA) is 20.2 Å². The minimum atomic E-state index is -0.0944. The lowest BCUT2D eigenvalue weighted by atomic mass is 9.90. The van der Waals surface area contributed by atoms with E-state index in [-0.39, 0.29) is 6.10 Å². The van der Waals surface area contributed by atoms with Crippen molar-refractivity contribution in [3.63, 3.8) is 0 Å². The standard InChI is InChI=1S/C13H14O/c14-11-5-6-13-10(8-11)7-9-3-1-2-4-12(9)13/h1-4,11,14H,5-8H2. The first-order valence-electron chi connectivity index (χ1n) is 5.32. The summed E-state index contributed by atoms with van der Waals surface area (Å²) in [7, 11) is 0. The van der Waals surface area contributed by atoms with E-state index in [4.69, 9.17) is 0 Å². The molecule has 0 radical (unpaired) electrons. The van der Waals surface area contributed by atoms with Crippen molar-refractivity contribution in [1.82, 2.24) is 0 Å². The van der Waals surface area contributed by atoms with Gasteiger partial charge in [0.1, 0.15) is 0 Å². The van der Waals surface area contributed by atoms with Crippen LogP contribution in [0.15, 0.2) is 29.8 Å². The van der Waals surface area contributed by atoms with Gasteiger partial charge in [-0.25, -0.2) is 0 Å². The van der Waals surface area contributed by atoms with Crippen LogP contribution in [0.3, 0.4) is 0 Å². The maximum atomic E-state index is 9.60. The van der Waals surface area contributed by atoms with E-state index in [2.05, 4.69) is 24.3 Å². The third kappa shape index (κ3) is 1.12. The van der Waals surface area contributed by atoms with Crippen LogP contribution in [0.1, 0.15) is 30.4 Å². The van der Waals surface area contributed by atoms with Crippen molar-refractivity contribution in [3.8, 4) is 0 Å². The van der Waals surface area contributed by atoms with Gasteiger partial charge in [-0.15, -0.1) is 0 Å². The molecule has 1 aromatic carbocycles. The fraction of sp³-hybridized carbons (Fsp3) is 0.385. The van der Waals surface area contributed by atoms with Gasteiger partial charge in [-0.2, -0.15) is 0 Å². The number of aliphatic hydroxyl groups is 1. The van der Waals surface area contributed by atoms with Crippen LogP contribution >= 0.6 is 0 Å². The lowest BCUT2D eigenvalue weighted by Crippen LogP contribution is -2.12. The SMILES string of the molecule is OC1CCC2=C(Cc3ccccc32)C1. The first-order chi connectivity index (χ1) is 6.84. The Balaban J connectivity index is 2.05. The Bertz CT molecular complexity index is 403. The summed E-state index contributed by atoms with van der Waals surface area (Å²) in [5, 5.41) is 9.60. The van der Waals surface area contributed by atoms with Gasteiger partial charge in [0.05, 0.1) is 6.10 Å². The molecule has 0 bridgehead atoms. The summed E-state index contributed by atoms with van der Waals surface area (Å²) < 4.78 is 0. The molecule has 14 heavy (non-hydrogen) atoms. The number of rotatable bonds is 0. The second kappa shape index (κ2) is 2.96. The lowest BCUT2D eigenvalue weighted by Gasteiger charge is -2.19. The molecule has 1 aromatic rings. The van der Waals surface area contributed by atoms with Crippen LogP contribution < -0.4 is 0 Å². The molecule has 0 fully saturated rings. The molecule has 2 aliphatic rings. The molecule has 3 rings (SSSR count). The van der Waals surface area contributed by atoms with Gasteiger partial charge >= 0.3 is 0 Å². The third-order valence-corrected chi connectivity index (χ3v) is 3.38. The lowest BCUT2D eigenvalue weighted by molar-refractivity contribution is 0.162. The Morgan fingerprint density at radius 1 is 1.21 bits per heavy atom. The van der Waals surface area contributed by atoms with Crippen LogP contribution in [-0.2, 0) is 6.42 Å². The number of benzene rings is 1. The zero-order valence-corrected chi connectivity index (χ0v) is 8.16. The van der Waals surface area contributed by atoms with Crippen LogP contribution in [0.4, 0.5) is 0 Å². The quantitative estimate of drug-likeness (QED) is 0.660. The first-order valence-corrected chi connectivity index (χ1v) is 5.32. The van der Waals surface area contributed by atoms with E-state index in [1.807, 2.05) is 0 Å². The molecule has 1 nitrogen and oxygen atoms in total. The van der Waals surface area contributed by atoms with Crippen molar-refractivity contribution in [2.75, 3.05) is 0 Å².